The average Bonchev–Trinajstić information content (AvgIpc) is 3.00. The predicted octanol–water partition coefficient (Wildman–Crippen LogP) is 3.30. The molecule has 0 radical (unpaired) electrons. The van der Waals surface area contributed by atoms with Gasteiger partial charge < -0.3 is 10.7 Å². The fourth-order valence-corrected chi connectivity index (χ4v) is 2.69. The third kappa shape index (κ3) is 1.45. The van der Waals surface area contributed by atoms with Crippen molar-refractivity contribution in [3.8, 4) is 11.1 Å². The summed E-state index contributed by atoms with van der Waals surface area (Å²) in [5.41, 5.74) is 10.4. The standard InChI is InChI=1S/C16H14N4/c1-20-16(17)13(9-18-20)10-6-7-15-12(8-10)11-4-2-3-5-14(11)19-15/h2-9,19H,17H2,1H3. The summed E-state index contributed by atoms with van der Waals surface area (Å²) in [5.74, 6) is 0.684. The van der Waals surface area contributed by atoms with Crippen molar-refractivity contribution in [1.82, 2.24) is 14.8 Å². The molecule has 2 heterocycles. The lowest BCUT2D eigenvalue weighted by atomic mass is 10.0. The Hall–Kier alpha value is -2.75. The van der Waals surface area contributed by atoms with E-state index in [4.69, 9.17) is 5.73 Å². The number of aryl methyl sites for hydroxylation is 1. The van der Waals surface area contributed by atoms with E-state index in [1.54, 1.807) is 4.68 Å². The highest BCUT2D eigenvalue weighted by Crippen LogP contribution is 2.31. The number of nitrogen functional groups attached to an aromatic ring is 1. The Morgan fingerprint density at radius 2 is 1.85 bits per heavy atom. The molecule has 0 aliphatic carbocycles. The maximum absolute atomic E-state index is 6.06. The van der Waals surface area contributed by atoms with Gasteiger partial charge in [-0.25, -0.2) is 0 Å². The van der Waals surface area contributed by atoms with E-state index < -0.39 is 0 Å². The van der Waals surface area contributed by atoms with Crippen LogP contribution >= 0.6 is 0 Å². The number of nitrogens with zero attached hydrogens (tertiary/aromatic N) is 2. The molecule has 0 saturated carbocycles. The molecule has 4 rings (SSSR count). The normalized spacial score (nSPS) is 11.4. The van der Waals surface area contributed by atoms with E-state index >= 15 is 0 Å². The second kappa shape index (κ2) is 3.87. The van der Waals surface area contributed by atoms with Gasteiger partial charge in [-0.15, -0.1) is 0 Å². The fraction of sp³-hybridized carbons (Fsp3) is 0.0625. The zero-order valence-electron chi connectivity index (χ0n) is 11.1. The van der Waals surface area contributed by atoms with Gasteiger partial charge in [0.05, 0.1) is 6.20 Å². The summed E-state index contributed by atoms with van der Waals surface area (Å²) in [6.07, 6.45) is 1.81. The molecule has 0 amide bonds. The Kier molecular flexibility index (Phi) is 2.15. The van der Waals surface area contributed by atoms with Gasteiger partial charge >= 0.3 is 0 Å². The molecule has 0 saturated heterocycles. The molecule has 98 valence electrons. The number of hydrogen-bond donors (Lipinski definition) is 2. The lowest BCUT2D eigenvalue weighted by Crippen LogP contribution is -1.97. The Balaban J connectivity index is 2.02. The number of aromatic nitrogens is 3. The predicted molar refractivity (Wildman–Crippen MR) is 82.4 cm³/mol. The van der Waals surface area contributed by atoms with E-state index in [0.717, 1.165) is 22.2 Å². The minimum atomic E-state index is 0.684. The summed E-state index contributed by atoms with van der Waals surface area (Å²) >= 11 is 0. The van der Waals surface area contributed by atoms with Gasteiger partial charge in [0.25, 0.3) is 0 Å². The molecule has 4 heteroatoms. The van der Waals surface area contributed by atoms with Gasteiger partial charge in [-0.1, -0.05) is 24.3 Å². The average molecular weight is 262 g/mol. The number of hydrogen-bond acceptors (Lipinski definition) is 2. The van der Waals surface area contributed by atoms with Crippen molar-refractivity contribution < 1.29 is 0 Å². The molecule has 4 aromatic rings. The monoisotopic (exact) mass is 262 g/mol. The van der Waals surface area contributed by atoms with Gasteiger partial charge in [0.2, 0.25) is 0 Å². The second-order valence-corrected chi connectivity index (χ2v) is 5.00. The lowest BCUT2D eigenvalue weighted by molar-refractivity contribution is 0.779. The molecular formula is C16H14N4. The molecular weight excluding hydrogens is 248 g/mol. The van der Waals surface area contributed by atoms with Crippen LogP contribution in [0.1, 0.15) is 0 Å². The number of rotatable bonds is 1. The van der Waals surface area contributed by atoms with E-state index in [0.29, 0.717) is 5.82 Å². The molecule has 0 fully saturated rings. The molecule has 4 nitrogen and oxygen atoms in total. The maximum atomic E-state index is 6.06. The van der Waals surface area contributed by atoms with Crippen LogP contribution in [0.2, 0.25) is 0 Å². The topological polar surface area (TPSA) is 59.6 Å². The lowest BCUT2D eigenvalue weighted by Gasteiger charge is -2.01. The maximum Gasteiger partial charge on any atom is 0.129 e. The zero-order chi connectivity index (χ0) is 13.7. The van der Waals surface area contributed by atoms with Crippen LogP contribution in [0.4, 0.5) is 5.82 Å². The third-order valence-electron chi connectivity index (χ3n) is 3.80. The smallest absolute Gasteiger partial charge is 0.129 e. The van der Waals surface area contributed by atoms with E-state index in [2.05, 4.69) is 46.5 Å². The summed E-state index contributed by atoms with van der Waals surface area (Å²) in [4.78, 5) is 3.42. The van der Waals surface area contributed by atoms with Gasteiger partial charge in [0.15, 0.2) is 0 Å². The zero-order valence-corrected chi connectivity index (χ0v) is 11.1. The van der Waals surface area contributed by atoms with Crippen LogP contribution in [0.3, 0.4) is 0 Å². The molecule has 0 atom stereocenters. The first-order valence-corrected chi connectivity index (χ1v) is 6.52. The highest BCUT2D eigenvalue weighted by Gasteiger charge is 2.10. The summed E-state index contributed by atoms with van der Waals surface area (Å²) in [6.45, 7) is 0. The number of anilines is 1. The van der Waals surface area contributed by atoms with Crippen molar-refractivity contribution in [3.05, 3.63) is 48.7 Å². The number of benzene rings is 2. The van der Waals surface area contributed by atoms with Crippen LogP contribution in [-0.4, -0.2) is 14.8 Å². The van der Waals surface area contributed by atoms with E-state index in [1.165, 1.54) is 10.8 Å². The first-order valence-electron chi connectivity index (χ1n) is 6.52. The molecule has 2 aromatic carbocycles. The Labute approximate surface area is 115 Å². The first-order chi connectivity index (χ1) is 9.74. The molecule has 20 heavy (non-hydrogen) atoms. The van der Waals surface area contributed by atoms with Crippen molar-refractivity contribution in [1.29, 1.82) is 0 Å². The first kappa shape index (κ1) is 11.1. The minimum absolute atomic E-state index is 0.684. The Morgan fingerprint density at radius 3 is 2.65 bits per heavy atom. The second-order valence-electron chi connectivity index (χ2n) is 5.00. The van der Waals surface area contributed by atoms with Crippen molar-refractivity contribution >= 4 is 27.6 Å². The Morgan fingerprint density at radius 1 is 1.05 bits per heavy atom. The van der Waals surface area contributed by atoms with Crippen LogP contribution in [-0.2, 0) is 7.05 Å². The van der Waals surface area contributed by atoms with E-state index in [9.17, 15) is 0 Å². The molecule has 0 bridgehead atoms. The summed E-state index contributed by atoms with van der Waals surface area (Å²) < 4.78 is 1.69. The van der Waals surface area contributed by atoms with E-state index in [-0.39, 0.29) is 0 Å². The van der Waals surface area contributed by atoms with Crippen LogP contribution in [0.25, 0.3) is 32.9 Å². The highest BCUT2D eigenvalue weighted by molar-refractivity contribution is 6.08. The summed E-state index contributed by atoms with van der Waals surface area (Å²) in [6, 6.07) is 14.7. The fourth-order valence-electron chi connectivity index (χ4n) is 2.69. The van der Waals surface area contributed by atoms with Gasteiger partial charge in [-0.05, 0) is 23.8 Å². The van der Waals surface area contributed by atoms with Crippen molar-refractivity contribution in [3.63, 3.8) is 0 Å². The number of aromatic amines is 1. The molecule has 3 N–H and O–H groups in total. The van der Waals surface area contributed by atoms with Gasteiger partial charge in [0, 0.05) is 34.4 Å². The Bertz CT molecular complexity index is 930. The van der Waals surface area contributed by atoms with Crippen molar-refractivity contribution in [2.45, 2.75) is 0 Å². The quantitative estimate of drug-likeness (QED) is 0.553. The summed E-state index contributed by atoms with van der Waals surface area (Å²) in [7, 11) is 1.85. The van der Waals surface area contributed by atoms with Crippen molar-refractivity contribution in [2.24, 2.45) is 7.05 Å². The molecule has 0 spiro atoms. The van der Waals surface area contributed by atoms with Crippen molar-refractivity contribution in [2.75, 3.05) is 5.73 Å². The molecule has 0 unspecified atom stereocenters. The summed E-state index contributed by atoms with van der Waals surface area (Å²) in [5, 5.41) is 6.64. The van der Waals surface area contributed by atoms with E-state index in [1.807, 2.05) is 19.3 Å². The SMILES string of the molecule is Cn1ncc(-c2ccc3[nH]c4ccccc4c3c2)c1N. The number of fused-ring (bicyclic) bond motifs is 3. The molecule has 0 aliphatic heterocycles. The molecule has 2 aromatic heterocycles. The van der Waals surface area contributed by atoms with Gasteiger partial charge in [0.1, 0.15) is 5.82 Å². The largest absolute Gasteiger partial charge is 0.383 e. The highest BCUT2D eigenvalue weighted by atomic mass is 15.3. The number of nitrogens with one attached hydrogen (secondary N) is 1. The molecule has 0 aliphatic rings. The number of H-pyrrole nitrogens is 1. The van der Waals surface area contributed by atoms with Gasteiger partial charge in [-0.3, -0.25) is 4.68 Å². The van der Waals surface area contributed by atoms with Crippen LogP contribution in [0.15, 0.2) is 48.7 Å². The number of para-hydroxylation sites is 1. The van der Waals surface area contributed by atoms with Crippen LogP contribution in [0.5, 0.6) is 0 Å². The van der Waals surface area contributed by atoms with Crippen LogP contribution < -0.4 is 5.73 Å². The third-order valence-corrected chi connectivity index (χ3v) is 3.80. The number of nitrogens with two attached hydrogens (primary N) is 1. The van der Waals surface area contributed by atoms with Crippen LogP contribution in [0, 0.1) is 0 Å². The van der Waals surface area contributed by atoms with Gasteiger partial charge in [-0.2, -0.15) is 5.10 Å². The minimum Gasteiger partial charge on any atom is -0.383 e.